The van der Waals surface area contributed by atoms with Gasteiger partial charge in [0.1, 0.15) is 18.0 Å². The Morgan fingerprint density at radius 3 is 2.37 bits per heavy atom. The molecule has 1 saturated carbocycles. The van der Waals surface area contributed by atoms with Gasteiger partial charge in [-0.05, 0) is 37.1 Å². The number of benzene rings is 1. The second kappa shape index (κ2) is 9.52. The minimum absolute atomic E-state index is 0.00863. The first-order valence-electron chi connectivity index (χ1n) is 9.99. The van der Waals surface area contributed by atoms with Crippen molar-refractivity contribution in [1.29, 1.82) is 0 Å². The Bertz CT molecular complexity index is 895. The van der Waals surface area contributed by atoms with Crippen LogP contribution < -0.4 is 9.47 Å². The van der Waals surface area contributed by atoms with Crippen LogP contribution in [0.25, 0.3) is 0 Å². The summed E-state index contributed by atoms with van der Waals surface area (Å²) in [7, 11) is 5.03. The number of aromatic nitrogens is 1. The average Bonchev–Trinajstić information content (AvgIpc) is 3.52. The van der Waals surface area contributed by atoms with E-state index < -0.39 is 0 Å². The van der Waals surface area contributed by atoms with Crippen LogP contribution in [0.3, 0.4) is 0 Å². The molecule has 1 aliphatic rings. The van der Waals surface area contributed by atoms with Crippen LogP contribution in [0.1, 0.15) is 28.9 Å². The molecule has 1 heterocycles. The van der Waals surface area contributed by atoms with Gasteiger partial charge in [-0.15, -0.1) is 6.58 Å². The van der Waals surface area contributed by atoms with Gasteiger partial charge < -0.3 is 23.8 Å². The lowest BCUT2D eigenvalue weighted by Gasteiger charge is -2.27. The highest BCUT2D eigenvalue weighted by atomic mass is 16.5. The van der Waals surface area contributed by atoms with E-state index in [-0.39, 0.29) is 30.9 Å². The van der Waals surface area contributed by atoms with Crippen molar-refractivity contribution in [3.05, 3.63) is 60.4 Å². The molecule has 0 atom stereocenters. The molecule has 160 valence electrons. The fraction of sp³-hybridized carbons (Fsp3) is 0.391. The van der Waals surface area contributed by atoms with Gasteiger partial charge in [0.05, 0.1) is 20.8 Å². The minimum atomic E-state index is -0.268. The number of rotatable bonds is 10. The fourth-order valence-electron chi connectivity index (χ4n) is 3.39. The van der Waals surface area contributed by atoms with Crippen molar-refractivity contribution in [2.75, 3.05) is 27.3 Å². The van der Waals surface area contributed by atoms with Crippen LogP contribution in [0.4, 0.5) is 0 Å². The molecule has 0 radical (unpaired) electrons. The summed E-state index contributed by atoms with van der Waals surface area (Å²) < 4.78 is 12.5. The van der Waals surface area contributed by atoms with Crippen molar-refractivity contribution >= 4 is 11.8 Å². The molecule has 30 heavy (non-hydrogen) atoms. The molecule has 0 spiro atoms. The summed E-state index contributed by atoms with van der Waals surface area (Å²) in [5.74, 6) is 0.704. The third-order valence-electron chi connectivity index (χ3n) is 5.25. The molecule has 0 unspecified atom stereocenters. The van der Waals surface area contributed by atoms with Gasteiger partial charge in [-0.25, -0.2) is 0 Å². The lowest BCUT2D eigenvalue weighted by atomic mass is 10.1. The van der Waals surface area contributed by atoms with Crippen LogP contribution in [0.5, 0.6) is 11.5 Å². The fourth-order valence-corrected chi connectivity index (χ4v) is 3.39. The third-order valence-corrected chi connectivity index (χ3v) is 5.25. The predicted octanol–water partition coefficient (Wildman–Crippen LogP) is 2.86. The highest BCUT2D eigenvalue weighted by molar-refractivity contribution is 5.97. The van der Waals surface area contributed by atoms with E-state index in [2.05, 4.69) is 6.58 Å². The van der Waals surface area contributed by atoms with Gasteiger partial charge in [-0.1, -0.05) is 6.08 Å². The van der Waals surface area contributed by atoms with Crippen LogP contribution in [0.2, 0.25) is 0 Å². The van der Waals surface area contributed by atoms with Crippen LogP contribution in [0, 0.1) is 0 Å². The predicted molar refractivity (Wildman–Crippen MR) is 115 cm³/mol. The number of methoxy groups -OCH3 is 2. The first kappa shape index (κ1) is 21.5. The highest BCUT2D eigenvalue weighted by Crippen LogP contribution is 2.29. The lowest BCUT2D eigenvalue weighted by Crippen LogP contribution is -2.43. The summed E-state index contributed by atoms with van der Waals surface area (Å²) in [6.45, 7) is 4.54. The van der Waals surface area contributed by atoms with Crippen molar-refractivity contribution in [3.63, 3.8) is 0 Å². The maximum absolute atomic E-state index is 13.2. The normalized spacial score (nSPS) is 12.9. The number of nitrogens with zero attached hydrogens (tertiary/aromatic N) is 3. The number of hydrogen-bond acceptors (Lipinski definition) is 4. The molecule has 0 N–H and O–H groups in total. The molecule has 2 aromatic rings. The number of aryl methyl sites for hydroxylation is 1. The molecule has 1 aromatic heterocycles. The molecule has 1 aromatic carbocycles. The topological polar surface area (TPSA) is 64.0 Å². The zero-order chi connectivity index (χ0) is 21.7. The van der Waals surface area contributed by atoms with Gasteiger partial charge in [-0.2, -0.15) is 0 Å². The van der Waals surface area contributed by atoms with Crippen LogP contribution in [-0.4, -0.2) is 59.5 Å². The number of amides is 2. The Morgan fingerprint density at radius 1 is 1.20 bits per heavy atom. The van der Waals surface area contributed by atoms with Gasteiger partial charge in [0.25, 0.3) is 5.91 Å². The SMILES string of the molecule is C=CCN(CC(=O)N(Cc1cccn1C)C1CC1)C(=O)c1cc(OC)cc(OC)c1. The van der Waals surface area contributed by atoms with Crippen molar-refractivity contribution < 1.29 is 19.1 Å². The molecule has 7 nitrogen and oxygen atoms in total. The second-order valence-electron chi connectivity index (χ2n) is 7.44. The van der Waals surface area contributed by atoms with Gasteiger partial charge in [-0.3, -0.25) is 9.59 Å². The van der Waals surface area contributed by atoms with Gasteiger partial charge in [0.15, 0.2) is 0 Å². The quantitative estimate of drug-likeness (QED) is 0.564. The van der Waals surface area contributed by atoms with Gasteiger partial charge >= 0.3 is 0 Å². The number of carbonyl (C=O) groups excluding carboxylic acids is 2. The zero-order valence-corrected chi connectivity index (χ0v) is 17.8. The Kier molecular flexibility index (Phi) is 6.82. The maximum atomic E-state index is 13.2. The van der Waals surface area contributed by atoms with Gasteiger partial charge in [0.2, 0.25) is 5.91 Å². The lowest BCUT2D eigenvalue weighted by molar-refractivity contribution is -0.133. The van der Waals surface area contributed by atoms with Crippen molar-refractivity contribution in [3.8, 4) is 11.5 Å². The van der Waals surface area contributed by atoms with E-state index in [1.54, 1.807) is 24.3 Å². The molecule has 0 aliphatic heterocycles. The summed E-state index contributed by atoms with van der Waals surface area (Å²) in [6.07, 6.45) is 5.59. The number of ether oxygens (including phenoxy) is 2. The standard InChI is InChI=1S/C23H29N3O4/c1-5-10-25(23(28)17-12-20(29-3)14-21(13-17)30-4)16-22(27)26(18-8-9-18)15-19-7-6-11-24(19)2/h5-7,11-14,18H,1,8-10,15-16H2,2-4H3. The molecule has 2 amide bonds. The van der Waals surface area contributed by atoms with Crippen LogP contribution in [0.15, 0.2) is 49.2 Å². The molecule has 7 heteroatoms. The van der Waals surface area contributed by atoms with E-state index >= 15 is 0 Å². The Labute approximate surface area is 177 Å². The number of hydrogen-bond donors (Lipinski definition) is 0. The summed E-state index contributed by atoms with van der Waals surface area (Å²) in [4.78, 5) is 29.7. The van der Waals surface area contributed by atoms with Crippen molar-refractivity contribution in [2.24, 2.45) is 7.05 Å². The van der Waals surface area contributed by atoms with Crippen molar-refractivity contribution in [1.82, 2.24) is 14.4 Å². The van der Waals surface area contributed by atoms with E-state index in [9.17, 15) is 9.59 Å². The summed E-state index contributed by atoms with van der Waals surface area (Å²) >= 11 is 0. The molecular weight excluding hydrogens is 382 g/mol. The zero-order valence-electron chi connectivity index (χ0n) is 17.8. The summed E-state index contributed by atoms with van der Waals surface area (Å²) in [6, 6.07) is 9.22. The Balaban J connectivity index is 1.78. The Morgan fingerprint density at radius 2 is 1.87 bits per heavy atom. The molecular formula is C23H29N3O4. The first-order chi connectivity index (χ1) is 14.5. The van der Waals surface area contributed by atoms with Crippen LogP contribution in [-0.2, 0) is 18.4 Å². The Hall–Kier alpha value is -3.22. The first-order valence-corrected chi connectivity index (χ1v) is 9.99. The molecule has 0 saturated heterocycles. The highest BCUT2D eigenvalue weighted by Gasteiger charge is 2.34. The van der Waals surface area contributed by atoms with Crippen LogP contribution >= 0.6 is 0 Å². The number of carbonyl (C=O) groups is 2. The maximum Gasteiger partial charge on any atom is 0.254 e. The molecule has 1 aliphatic carbocycles. The van der Waals surface area contributed by atoms with E-state index in [0.717, 1.165) is 18.5 Å². The molecule has 1 fully saturated rings. The average molecular weight is 412 g/mol. The monoisotopic (exact) mass is 411 g/mol. The van der Waals surface area contributed by atoms with Crippen molar-refractivity contribution in [2.45, 2.75) is 25.4 Å². The minimum Gasteiger partial charge on any atom is -0.497 e. The van der Waals surface area contributed by atoms with E-state index in [1.807, 2.05) is 34.8 Å². The van der Waals surface area contributed by atoms with Gasteiger partial charge in [0, 0.05) is 43.2 Å². The summed E-state index contributed by atoms with van der Waals surface area (Å²) in [5.41, 5.74) is 1.47. The third kappa shape index (κ3) is 5.03. The largest absolute Gasteiger partial charge is 0.497 e. The van der Waals surface area contributed by atoms with E-state index in [1.165, 1.54) is 19.1 Å². The summed E-state index contributed by atoms with van der Waals surface area (Å²) in [5, 5.41) is 0. The van der Waals surface area contributed by atoms with E-state index in [4.69, 9.17) is 9.47 Å². The smallest absolute Gasteiger partial charge is 0.254 e. The molecule has 3 rings (SSSR count). The molecule has 0 bridgehead atoms. The van der Waals surface area contributed by atoms with E-state index in [0.29, 0.717) is 23.6 Å². The second-order valence-corrected chi connectivity index (χ2v) is 7.44.